The van der Waals surface area contributed by atoms with Gasteiger partial charge < -0.3 is 19.7 Å². The molecule has 0 bridgehead atoms. The third kappa shape index (κ3) is 6.01. The smallest absolute Gasteiger partial charge is 0.322 e. The maximum absolute atomic E-state index is 13.6. The molecule has 0 atom stereocenters. The molecule has 5 nitrogen and oxygen atoms in total. The van der Waals surface area contributed by atoms with Crippen molar-refractivity contribution in [1.82, 2.24) is 4.90 Å². The first-order valence-corrected chi connectivity index (χ1v) is 12.5. The van der Waals surface area contributed by atoms with Gasteiger partial charge in [-0.15, -0.1) is 0 Å². The fourth-order valence-corrected chi connectivity index (χ4v) is 5.74. The van der Waals surface area contributed by atoms with Crippen molar-refractivity contribution in [2.24, 2.45) is 11.8 Å². The van der Waals surface area contributed by atoms with Crippen molar-refractivity contribution in [1.29, 1.82) is 0 Å². The lowest BCUT2D eigenvalue weighted by atomic mass is 9.72. The summed E-state index contributed by atoms with van der Waals surface area (Å²) in [6.07, 6.45) is 11.6. The van der Waals surface area contributed by atoms with E-state index >= 15 is 0 Å². The van der Waals surface area contributed by atoms with Crippen LogP contribution in [-0.4, -0.2) is 31.2 Å². The van der Waals surface area contributed by atoms with Gasteiger partial charge in [0, 0.05) is 18.7 Å². The van der Waals surface area contributed by atoms with Crippen LogP contribution >= 0.6 is 0 Å². The second kappa shape index (κ2) is 11.4. The molecule has 178 valence electrons. The highest BCUT2D eigenvalue weighted by atomic mass is 16.5. The fourth-order valence-electron chi connectivity index (χ4n) is 5.74. The van der Waals surface area contributed by atoms with Crippen LogP contribution in [0.3, 0.4) is 0 Å². The standard InChI is InChI=1S/C28H38N2O3/c1-32-25-17-18-27(33-2)26(19-25)29-28(31)30(20-21-9-5-3-6-10-21)24-15-13-23(14-16-24)22-11-7-4-8-12-22/h3,5-6,9-10,17-19,22-24H,4,7-8,11-16,20H2,1-2H3,(H,29,31)/t23-,24+. The summed E-state index contributed by atoms with van der Waals surface area (Å²) < 4.78 is 10.8. The molecule has 2 amide bonds. The molecule has 0 aliphatic heterocycles. The van der Waals surface area contributed by atoms with Gasteiger partial charge in [-0.3, -0.25) is 0 Å². The number of nitrogens with one attached hydrogen (secondary N) is 1. The van der Waals surface area contributed by atoms with Crippen LogP contribution in [0.25, 0.3) is 0 Å². The van der Waals surface area contributed by atoms with E-state index in [1.54, 1.807) is 14.2 Å². The molecule has 2 aliphatic rings. The van der Waals surface area contributed by atoms with E-state index in [4.69, 9.17) is 9.47 Å². The van der Waals surface area contributed by atoms with E-state index in [0.29, 0.717) is 23.7 Å². The minimum absolute atomic E-state index is 0.0773. The molecule has 4 rings (SSSR count). The van der Waals surface area contributed by atoms with Crippen LogP contribution in [0.1, 0.15) is 63.4 Å². The first-order chi connectivity index (χ1) is 16.2. The van der Waals surface area contributed by atoms with Crippen LogP contribution in [0.5, 0.6) is 11.5 Å². The van der Waals surface area contributed by atoms with Gasteiger partial charge in [0.05, 0.1) is 19.9 Å². The van der Waals surface area contributed by atoms with E-state index in [2.05, 4.69) is 17.4 Å². The number of amides is 2. The number of carbonyl (C=O) groups excluding carboxylic acids is 1. The minimum Gasteiger partial charge on any atom is -0.497 e. The number of rotatable bonds is 7. The predicted molar refractivity (Wildman–Crippen MR) is 133 cm³/mol. The van der Waals surface area contributed by atoms with Gasteiger partial charge in [-0.25, -0.2) is 4.79 Å². The van der Waals surface area contributed by atoms with Crippen LogP contribution in [-0.2, 0) is 6.54 Å². The molecule has 2 fully saturated rings. The topological polar surface area (TPSA) is 50.8 Å². The molecule has 0 aromatic heterocycles. The Morgan fingerprint density at radius 3 is 2.24 bits per heavy atom. The van der Waals surface area contributed by atoms with Crippen molar-refractivity contribution in [3.8, 4) is 11.5 Å². The highest BCUT2D eigenvalue weighted by molar-refractivity contribution is 5.91. The number of hydrogen-bond acceptors (Lipinski definition) is 3. The Morgan fingerprint density at radius 1 is 0.879 bits per heavy atom. The average molecular weight is 451 g/mol. The van der Waals surface area contributed by atoms with Gasteiger partial charge in [0.1, 0.15) is 11.5 Å². The SMILES string of the molecule is COc1ccc(OC)c(NC(=O)N(Cc2ccccc2)[C@H]2CC[C@@H](C3CCCCC3)CC2)c1. The summed E-state index contributed by atoms with van der Waals surface area (Å²) in [6.45, 7) is 0.609. The van der Waals surface area contributed by atoms with Crippen molar-refractivity contribution in [3.63, 3.8) is 0 Å². The summed E-state index contributed by atoms with van der Waals surface area (Å²) in [6, 6.07) is 15.9. The lowest BCUT2D eigenvalue weighted by Crippen LogP contribution is -2.44. The van der Waals surface area contributed by atoms with Crippen LogP contribution in [0.15, 0.2) is 48.5 Å². The highest BCUT2D eigenvalue weighted by Crippen LogP contribution is 2.40. The molecule has 2 saturated carbocycles. The van der Waals surface area contributed by atoms with Gasteiger partial charge in [-0.2, -0.15) is 0 Å². The molecule has 5 heteroatoms. The maximum atomic E-state index is 13.6. The molecule has 2 aromatic rings. The van der Waals surface area contributed by atoms with Crippen LogP contribution < -0.4 is 14.8 Å². The van der Waals surface area contributed by atoms with Gasteiger partial charge in [-0.05, 0) is 55.2 Å². The molecule has 0 saturated heterocycles. The Kier molecular flexibility index (Phi) is 8.14. The molecule has 33 heavy (non-hydrogen) atoms. The van der Waals surface area contributed by atoms with E-state index < -0.39 is 0 Å². The van der Waals surface area contributed by atoms with Crippen molar-refractivity contribution in [2.75, 3.05) is 19.5 Å². The van der Waals surface area contributed by atoms with Gasteiger partial charge in [0.2, 0.25) is 0 Å². The summed E-state index contributed by atoms with van der Waals surface area (Å²) in [5.74, 6) is 3.05. The van der Waals surface area contributed by atoms with Gasteiger partial charge in [0.25, 0.3) is 0 Å². The van der Waals surface area contributed by atoms with E-state index in [0.717, 1.165) is 30.2 Å². The third-order valence-corrected chi connectivity index (χ3v) is 7.60. The molecular weight excluding hydrogens is 412 g/mol. The number of anilines is 1. The first kappa shape index (κ1) is 23.5. The Balaban J connectivity index is 1.48. The molecule has 0 radical (unpaired) electrons. The zero-order valence-corrected chi connectivity index (χ0v) is 20.1. The van der Waals surface area contributed by atoms with Crippen molar-refractivity contribution >= 4 is 11.7 Å². The lowest BCUT2D eigenvalue weighted by Gasteiger charge is -2.40. The van der Waals surface area contributed by atoms with Gasteiger partial charge >= 0.3 is 6.03 Å². The zero-order chi connectivity index (χ0) is 23.0. The summed E-state index contributed by atoms with van der Waals surface area (Å²) in [5.41, 5.74) is 1.79. The minimum atomic E-state index is -0.0773. The summed E-state index contributed by atoms with van der Waals surface area (Å²) in [5, 5.41) is 3.11. The second-order valence-corrected chi connectivity index (χ2v) is 9.58. The molecule has 0 spiro atoms. The van der Waals surface area contributed by atoms with Gasteiger partial charge in [-0.1, -0.05) is 62.4 Å². The fraction of sp³-hybridized carbons (Fsp3) is 0.536. The first-order valence-electron chi connectivity index (χ1n) is 12.5. The number of hydrogen-bond donors (Lipinski definition) is 1. The normalized spacial score (nSPS) is 21.3. The van der Waals surface area contributed by atoms with E-state index in [1.165, 1.54) is 44.9 Å². The predicted octanol–water partition coefficient (Wildman–Crippen LogP) is 6.88. The van der Waals surface area contributed by atoms with Crippen molar-refractivity contribution in [3.05, 3.63) is 54.1 Å². The number of methoxy groups -OCH3 is 2. The van der Waals surface area contributed by atoms with Crippen LogP contribution in [0, 0.1) is 11.8 Å². The van der Waals surface area contributed by atoms with Crippen molar-refractivity contribution in [2.45, 2.75) is 70.4 Å². The zero-order valence-electron chi connectivity index (χ0n) is 20.1. The summed E-state index contributed by atoms with van der Waals surface area (Å²) in [4.78, 5) is 15.6. The average Bonchev–Trinajstić information content (AvgIpc) is 2.88. The van der Waals surface area contributed by atoms with Crippen molar-refractivity contribution < 1.29 is 14.3 Å². The third-order valence-electron chi connectivity index (χ3n) is 7.60. The number of urea groups is 1. The van der Waals surface area contributed by atoms with Crippen LogP contribution in [0.2, 0.25) is 0 Å². The number of nitrogens with zero attached hydrogens (tertiary/aromatic N) is 1. The largest absolute Gasteiger partial charge is 0.497 e. The molecule has 0 unspecified atom stereocenters. The maximum Gasteiger partial charge on any atom is 0.322 e. The number of carbonyl (C=O) groups is 1. The van der Waals surface area contributed by atoms with E-state index in [1.807, 2.05) is 41.3 Å². The molecule has 0 heterocycles. The molecule has 2 aromatic carbocycles. The molecule has 2 aliphatic carbocycles. The monoisotopic (exact) mass is 450 g/mol. The molecule has 1 N–H and O–H groups in total. The number of benzene rings is 2. The van der Waals surface area contributed by atoms with Crippen LogP contribution in [0.4, 0.5) is 10.5 Å². The quantitative estimate of drug-likeness (QED) is 0.500. The number of ether oxygens (including phenoxy) is 2. The highest BCUT2D eigenvalue weighted by Gasteiger charge is 2.33. The Labute approximate surface area is 198 Å². The summed E-state index contributed by atoms with van der Waals surface area (Å²) >= 11 is 0. The molecular formula is C28H38N2O3. The summed E-state index contributed by atoms with van der Waals surface area (Å²) in [7, 11) is 3.24. The Bertz CT molecular complexity index is 887. The van der Waals surface area contributed by atoms with Gasteiger partial charge in [0.15, 0.2) is 0 Å². The Morgan fingerprint density at radius 2 is 1.58 bits per heavy atom. The van der Waals surface area contributed by atoms with E-state index in [-0.39, 0.29) is 12.1 Å². The second-order valence-electron chi connectivity index (χ2n) is 9.58. The Hall–Kier alpha value is -2.69. The lowest BCUT2D eigenvalue weighted by molar-refractivity contribution is 0.120. The van der Waals surface area contributed by atoms with E-state index in [9.17, 15) is 4.79 Å².